The molecular weight excluding hydrogens is 352 g/mol. The lowest BCUT2D eigenvalue weighted by Gasteiger charge is -2.34. The maximum atomic E-state index is 11.9. The summed E-state index contributed by atoms with van der Waals surface area (Å²) in [6.45, 7) is 2.30. The van der Waals surface area contributed by atoms with Gasteiger partial charge in [0.05, 0.1) is 19.6 Å². The van der Waals surface area contributed by atoms with Crippen molar-refractivity contribution in [2.45, 2.75) is 12.5 Å². The van der Waals surface area contributed by atoms with Crippen molar-refractivity contribution >= 4 is 27.8 Å². The van der Waals surface area contributed by atoms with E-state index in [1.54, 1.807) is 0 Å². The lowest BCUT2D eigenvalue weighted by atomic mass is 10.1. The van der Waals surface area contributed by atoms with Crippen molar-refractivity contribution in [3.05, 3.63) is 28.7 Å². The number of piperazine rings is 1. The average Bonchev–Trinajstić information content (AvgIpc) is 2.52. The Labute approximate surface area is 137 Å². The molecular formula is C15H19BrN2O4. The van der Waals surface area contributed by atoms with E-state index in [4.69, 9.17) is 4.74 Å². The summed E-state index contributed by atoms with van der Waals surface area (Å²) in [4.78, 5) is 25.3. The second-order valence-corrected chi connectivity index (χ2v) is 5.84. The van der Waals surface area contributed by atoms with Crippen molar-refractivity contribution in [1.29, 1.82) is 0 Å². The minimum Gasteiger partial charge on any atom is -0.492 e. The fourth-order valence-corrected chi connectivity index (χ4v) is 2.57. The molecule has 1 atom stereocenters. The third kappa shape index (κ3) is 4.71. The molecule has 1 aliphatic heterocycles. The van der Waals surface area contributed by atoms with Gasteiger partial charge >= 0.3 is 5.97 Å². The van der Waals surface area contributed by atoms with Crippen LogP contribution in [0.15, 0.2) is 28.7 Å². The van der Waals surface area contributed by atoms with E-state index in [1.807, 2.05) is 29.2 Å². The zero-order valence-corrected chi connectivity index (χ0v) is 14.0. The third-order valence-electron chi connectivity index (χ3n) is 3.49. The summed E-state index contributed by atoms with van der Waals surface area (Å²) >= 11 is 3.37. The van der Waals surface area contributed by atoms with E-state index in [1.165, 1.54) is 7.11 Å². The van der Waals surface area contributed by atoms with Gasteiger partial charge in [-0.05, 0) is 24.3 Å². The quantitative estimate of drug-likeness (QED) is 0.761. The molecule has 1 aliphatic rings. The minimum absolute atomic E-state index is 0.0562. The van der Waals surface area contributed by atoms with Crippen LogP contribution in [0.5, 0.6) is 5.75 Å². The molecule has 22 heavy (non-hydrogen) atoms. The van der Waals surface area contributed by atoms with E-state index < -0.39 is 6.04 Å². The number of nitrogens with zero attached hydrogens (tertiary/aromatic N) is 1. The van der Waals surface area contributed by atoms with Gasteiger partial charge in [-0.15, -0.1) is 0 Å². The first-order valence-electron chi connectivity index (χ1n) is 7.07. The Morgan fingerprint density at radius 1 is 1.41 bits per heavy atom. The van der Waals surface area contributed by atoms with E-state index >= 15 is 0 Å². The fraction of sp³-hybridized carbons (Fsp3) is 0.467. The van der Waals surface area contributed by atoms with Crippen LogP contribution in [0.3, 0.4) is 0 Å². The highest BCUT2D eigenvalue weighted by atomic mass is 79.9. The van der Waals surface area contributed by atoms with Crippen LogP contribution in [0.2, 0.25) is 0 Å². The van der Waals surface area contributed by atoms with Gasteiger partial charge in [0.25, 0.3) is 0 Å². The molecule has 0 aromatic heterocycles. The van der Waals surface area contributed by atoms with Gasteiger partial charge in [-0.25, -0.2) is 0 Å². The molecule has 1 aromatic carbocycles. The first-order chi connectivity index (χ1) is 10.6. The molecule has 0 aliphatic carbocycles. The SMILES string of the molecule is COC(=O)C[C@H]1C(=O)NCCN1CCOc1ccc(Br)cc1. The van der Waals surface area contributed by atoms with Crippen molar-refractivity contribution in [3.8, 4) is 5.75 Å². The average molecular weight is 371 g/mol. The minimum atomic E-state index is -0.491. The van der Waals surface area contributed by atoms with Crippen molar-refractivity contribution in [3.63, 3.8) is 0 Å². The number of benzene rings is 1. The summed E-state index contributed by atoms with van der Waals surface area (Å²) in [6.07, 6.45) is 0.0562. The summed E-state index contributed by atoms with van der Waals surface area (Å²) < 4.78 is 11.3. The van der Waals surface area contributed by atoms with Crippen LogP contribution in [0.4, 0.5) is 0 Å². The summed E-state index contributed by atoms with van der Waals surface area (Å²) in [5, 5.41) is 2.77. The molecule has 1 heterocycles. The van der Waals surface area contributed by atoms with Gasteiger partial charge in [-0.3, -0.25) is 14.5 Å². The fourth-order valence-electron chi connectivity index (χ4n) is 2.30. The van der Waals surface area contributed by atoms with E-state index in [0.29, 0.717) is 26.2 Å². The molecule has 7 heteroatoms. The molecule has 1 N–H and O–H groups in total. The Bertz CT molecular complexity index is 521. The number of esters is 1. The number of halogens is 1. The summed E-state index contributed by atoms with van der Waals surface area (Å²) in [5.41, 5.74) is 0. The number of carbonyl (C=O) groups is 2. The molecule has 120 valence electrons. The van der Waals surface area contributed by atoms with E-state index in [9.17, 15) is 9.59 Å². The molecule has 2 rings (SSSR count). The van der Waals surface area contributed by atoms with Gasteiger partial charge in [-0.2, -0.15) is 0 Å². The number of hydrogen-bond acceptors (Lipinski definition) is 5. The Morgan fingerprint density at radius 2 is 2.14 bits per heavy atom. The maximum Gasteiger partial charge on any atom is 0.307 e. The molecule has 0 unspecified atom stereocenters. The Kier molecular flexibility index (Phi) is 6.21. The zero-order valence-electron chi connectivity index (χ0n) is 12.4. The zero-order chi connectivity index (χ0) is 15.9. The lowest BCUT2D eigenvalue weighted by molar-refractivity contribution is -0.146. The predicted molar refractivity (Wildman–Crippen MR) is 84.6 cm³/mol. The summed E-state index contributed by atoms with van der Waals surface area (Å²) in [7, 11) is 1.32. The largest absolute Gasteiger partial charge is 0.492 e. The highest BCUT2D eigenvalue weighted by Gasteiger charge is 2.31. The smallest absolute Gasteiger partial charge is 0.307 e. The number of hydrogen-bond donors (Lipinski definition) is 1. The van der Waals surface area contributed by atoms with Gasteiger partial charge in [0.2, 0.25) is 5.91 Å². The molecule has 0 saturated carbocycles. The molecule has 0 bridgehead atoms. The van der Waals surface area contributed by atoms with Crippen LogP contribution in [0, 0.1) is 0 Å². The van der Waals surface area contributed by atoms with E-state index in [2.05, 4.69) is 26.0 Å². The molecule has 0 spiro atoms. The summed E-state index contributed by atoms with van der Waals surface area (Å²) in [5.74, 6) is 0.246. The molecule has 6 nitrogen and oxygen atoms in total. The number of carbonyl (C=O) groups excluding carboxylic acids is 2. The van der Waals surface area contributed by atoms with Crippen LogP contribution in [-0.4, -0.2) is 56.2 Å². The highest BCUT2D eigenvalue weighted by molar-refractivity contribution is 9.10. The first kappa shape index (κ1) is 16.8. The third-order valence-corrected chi connectivity index (χ3v) is 4.02. The normalized spacial score (nSPS) is 18.6. The molecule has 0 radical (unpaired) electrons. The van der Waals surface area contributed by atoms with E-state index in [-0.39, 0.29) is 18.3 Å². The van der Waals surface area contributed by atoms with Gasteiger partial charge in [0.15, 0.2) is 0 Å². The Balaban J connectivity index is 1.87. The number of nitrogens with one attached hydrogen (secondary N) is 1. The van der Waals surface area contributed by atoms with Crippen molar-refractivity contribution in [1.82, 2.24) is 10.2 Å². The topological polar surface area (TPSA) is 67.9 Å². The monoisotopic (exact) mass is 370 g/mol. The first-order valence-corrected chi connectivity index (χ1v) is 7.86. The lowest BCUT2D eigenvalue weighted by Crippen LogP contribution is -2.56. The number of methoxy groups -OCH3 is 1. The van der Waals surface area contributed by atoms with Crippen molar-refractivity contribution in [2.24, 2.45) is 0 Å². The van der Waals surface area contributed by atoms with Gasteiger partial charge in [0.1, 0.15) is 12.4 Å². The van der Waals surface area contributed by atoms with Crippen LogP contribution in [-0.2, 0) is 14.3 Å². The maximum absolute atomic E-state index is 11.9. The van der Waals surface area contributed by atoms with Gasteiger partial charge < -0.3 is 14.8 Å². The van der Waals surface area contributed by atoms with Gasteiger partial charge in [-0.1, -0.05) is 15.9 Å². The summed E-state index contributed by atoms with van der Waals surface area (Å²) in [6, 6.07) is 7.07. The molecule has 1 amide bonds. The van der Waals surface area contributed by atoms with Gasteiger partial charge in [0, 0.05) is 24.1 Å². The standard InChI is InChI=1S/C15H19BrN2O4/c1-21-14(19)10-13-15(20)17-6-7-18(13)8-9-22-12-4-2-11(16)3-5-12/h2-5,13H,6-10H2,1H3,(H,17,20)/t13-/m0/s1. The Hall–Kier alpha value is -1.60. The predicted octanol–water partition coefficient (Wildman–Crippen LogP) is 1.19. The molecule has 1 saturated heterocycles. The highest BCUT2D eigenvalue weighted by Crippen LogP contribution is 2.16. The van der Waals surface area contributed by atoms with Crippen LogP contribution >= 0.6 is 15.9 Å². The number of rotatable bonds is 6. The van der Waals surface area contributed by atoms with Crippen LogP contribution in [0.1, 0.15) is 6.42 Å². The van der Waals surface area contributed by atoms with Crippen molar-refractivity contribution in [2.75, 3.05) is 33.4 Å². The van der Waals surface area contributed by atoms with Crippen molar-refractivity contribution < 1.29 is 19.1 Å². The van der Waals surface area contributed by atoms with Crippen LogP contribution in [0.25, 0.3) is 0 Å². The van der Waals surface area contributed by atoms with E-state index in [0.717, 1.165) is 10.2 Å². The number of amides is 1. The van der Waals surface area contributed by atoms with Crippen LogP contribution < -0.4 is 10.1 Å². The number of ether oxygens (including phenoxy) is 2. The molecule has 1 aromatic rings. The molecule has 1 fully saturated rings. The Morgan fingerprint density at radius 3 is 2.82 bits per heavy atom. The second kappa shape index (κ2) is 8.14. The second-order valence-electron chi connectivity index (χ2n) is 4.93.